The van der Waals surface area contributed by atoms with Gasteiger partial charge in [-0.15, -0.1) is 0 Å². The molecule has 0 bridgehead atoms. The number of halogens is 1. The van der Waals surface area contributed by atoms with Crippen molar-refractivity contribution in [1.82, 2.24) is 4.90 Å². The van der Waals surface area contributed by atoms with Gasteiger partial charge in [-0.05, 0) is 48.9 Å². The minimum Gasteiger partial charge on any atom is -0.370 e. The molecule has 23 heavy (non-hydrogen) atoms. The summed E-state index contributed by atoms with van der Waals surface area (Å²) in [4.78, 5) is 16.6. The molecule has 1 fully saturated rings. The van der Waals surface area contributed by atoms with Gasteiger partial charge in [-0.2, -0.15) is 0 Å². The summed E-state index contributed by atoms with van der Waals surface area (Å²) in [5, 5.41) is 0. The lowest BCUT2D eigenvalue weighted by atomic mass is 9.90. The number of amides is 1. The Labute approximate surface area is 139 Å². The molecular formula is C19H29FN2O. The molecule has 1 amide bonds. The fraction of sp³-hybridized carbons (Fsp3) is 0.632. The highest BCUT2D eigenvalue weighted by Crippen LogP contribution is 2.22. The Morgan fingerprint density at radius 1 is 1.09 bits per heavy atom. The van der Waals surface area contributed by atoms with Crippen molar-refractivity contribution in [2.75, 3.05) is 31.1 Å². The average Bonchev–Trinajstić information content (AvgIpc) is 2.72. The molecule has 0 aromatic heterocycles. The molecule has 4 heteroatoms. The smallest absolute Gasteiger partial charge is 0.222 e. The molecule has 128 valence electrons. The highest BCUT2D eigenvalue weighted by molar-refractivity contribution is 5.76. The van der Waals surface area contributed by atoms with Gasteiger partial charge < -0.3 is 9.80 Å². The molecule has 0 N–H and O–H groups in total. The molecule has 0 unspecified atom stereocenters. The Bertz CT molecular complexity index is 507. The molecule has 0 saturated carbocycles. The first-order valence-corrected chi connectivity index (χ1v) is 8.63. The van der Waals surface area contributed by atoms with E-state index in [1.807, 2.05) is 17.0 Å². The lowest BCUT2D eigenvalue weighted by Crippen LogP contribution is -2.35. The molecule has 2 rings (SSSR count). The average molecular weight is 320 g/mol. The molecular weight excluding hydrogens is 291 g/mol. The van der Waals surface area contributed by atoms with Crippen LogP contribution in [0.2, 0.25) is 0 Å². The van der Waals surface area contributed by atoms with Crippen molar-refractivity contribution < 1.29 is 9.18 Å². The predicted molar refractivity (Wildman–Crippen MR) is 93.1 cm³/mol. The zero-order valence-electron chi connectivity index (χ0n) is 14.6. The van der Waals surface area contributed by atoms with Crippen molar-refractivity contribution in [2.24, 2.45) is 5.41 Å². The van der Waals surface area contributed by atoms with Crippen molar-refractivity contribution in [3.8, 4) is 0 Å². The van der Waals surface area contributed by atoms with E-state index in [-0.39, 0.29) is 11.7 Å². The molecule has 1 aliphatic heterocycles. The first kappa shape index (κ1) is 17.8. The largest absolute Gasteiger partial charge is 0.370 e. The topological polar surface area (TPSA) is 23.6 Å². The van der Waals surface area contributed by atoms with Gasteiger partial charge in [0.1, 0.15) is 5.82 Å². The molecule has 0 spiro atoms. The van der Waals surface area contributed by atoms with E-state index in [1.165, 1.54) is 12.1 Å². The van der Waals surface area contributed by atoms with Gasteiger partial charge in [-0.1, -0.05) is 20.8 Å². The summed E-state index contributed by atoms with van der Waals surface area (Å²) in [6.07, 6.45) is 3.64. The Hall–Kier alpha value is -1.58. The summed E-state index contributed by atoms with van der Waals surface area (Å²) in [5.41, 5.74) is 1.33. The second-order valence-corrected chi connectivity index (χ2v) is 7.61. The van der Waals surface area contributed by atoms with Gasteiger partial charge in [0.15, 0.2) is 0 Å². The Morgan fingerprint density at radius 2 is 1.78 bits per heavy atom. The van der Waals surface area contributed by atoms with E-state index < -0.39 is 0 Å². The van der Waals surface area contributed by atoms with Crippen LogP contribution in [-0.2, 0) is 4.79 Å². The van der Waals surface area contributed by atoms with Gasteiger partial charge in [0.2, 0.25) is 5.91 Å². The van der Waals surface area contributed by atoms with Crippen molar-refractivity contribution in [2.45, 2.75) is 46.5 Å². The molecule has 0 radical (unpaired) electrons. The van der Waals surface area contributed by atoms with Gasteiger partial charge >= 0.3 is 0 Å². The van der Waals surface area contributed by atoms with Crippen molar-refractivity contribution >= 4 is 11.6 Å². The SMILES string of the molecule is CC(C)(C)CCCC(=O)N1CCCN(c2ccc(F)cc2)CC1. The third-order valence-corrected chi connectivity index (χ3v) is 4.36. The number of hydrogen-bond donors (Lipinski definition) is 0. The first-order chi connectivity index (χ1) is 10.8. The molecule has 1 aromatic carbocycles. The van der Waals surface area contributed by atoms with Crippen molar-refractivity contribution in [1.29, 1.82) is 0 Å². The minimum atomic E-state index is -0.209. The van der Waals surface area contributed by atoms with Gasteiger partial charge in [-0.25, -0.2) is 4.39 Å². The number of hydrogen-bond acceptors (Lipinski definition) is 2. The van der Waals surface area contributed by atoms with E-state index >= 15 is 0 Å². The first-order valence-electron chi connectivity index (χ1n) is 8.63. The van der Waals surface area contributed by atoms with Gasteiger partial charge in [0.05, 0.1) is 0 Å². The van der Waals surface area contributed by atoms with E-state index in [4.69, 9.17) is 0 Å². The molecule has 3 nitrogen and oxygen atoms in total. The third-order valence-electron chi connectivity index (χ3n) is 4.36. The number of nitrogens with zero attached hydrogens (tertiary/aromatic N) is 2. The highest BCUT2D eigenvalue weighted by Gasteiger charge is 2.20. The molecule has 1 heterocycles. The fourth-order valence-electron chi connectivity index (χ4n) is 3.01. The Kier molecular flexibility index (Phi) is 6.03. The van der Waals surface area contributed by atoms with Crippen LogP contribution in [0, 0.1) is 11.2 Å². The highest BCUT2D eigenvalue weighted by atomic mass is 19.1. The zero-order valence-corrected chi connectivity index (χ0v) is 14.6. The summed E-state index contributed by atoms with van der Waals surface area (Å²) in [5.74, 6) is 0.0643. The van der Waals surface area contributed by atoms with Crippen LogP contribution in [-0.4, -0.2) is 37.0 Å². The minimum absolute atomic E-state index is 0.209. The summed E-state index contributed by atoms with van der Waals surface area (Å²) in [6, 6.07) is 6.62. The van der Waals surface area contributed by atoms with E-state index in [2.05, 4.69) is 25.7 Å². The van der Waals surface area contributed by atoms with E-state index in [9.17, 15) is 9.18 Å². The normalized spacial score (nSPS) is 16.3. The maximum Gasteiger partial charge on any atom is 0.222 e. The number of carbonyl (C=O) groups is 1. The lowest BCUT2D eigenvalue weighted by Gasteiger charge is -2.24. The Morgan fingerprint density at radius 3 is 2.43 bits per heavy atom. The van der Waals surface area contributed by atoms with Gasteiger partial charge in [-0.3, -0.25) is 4.79 Å². The van der Waals surface area contributed by atoms with Gasteiger partial charge in [0, 0.05) is 38.3 Å². The van der Waals surface area contributed by atoms with Crippen LogP contribution < -0.4 is 4.90 Å². The van der Waals surface area contributed by atoms with Crippen LogP contribution in [0.4, 0.5) is 10.1 Å². The summed E-state index contributed by atoms with van der Waals surface area (Å²) >= 11 is 0. The lowest BCUT2D eigenvalue weighted by molar-refractivity contribution is -0.131. The number of anilines is 1. The van der Waals surface area contributed by atoms with Crippen LogP contribution in [0.3, 0.4) is 0 Å². The molecule has 1 aliphatic rings. The van der Waals surface area contributed by atoms with Crippen LogP contribution in [0.25, 0.3) is 0 Å². The summed E-state index contributed by atoms with van der Waals surface area (Å²) < 4.78 is 13.0. The number of benzene rings is 1. The fourth-order valence-corrected chi connectivity index (χ4v) is 3.01. The molecule has 1 saturated heterocycles. The Balaban J connectivity index is 1.83. The monoisotopic (exact) mass is 320 g/mol. The number of rotatable bonds is 4. The van der Waals surface area contributed by atoms with E-state index in [0.29, 0.717) is 11.8 Å². The summed E-state index contributed by atoms with van der Waals surface area (Å²) in [7, 11) is 0. The van der Waals surface area contributed by atoms with Crippen LogP contribution in [0.15, 0.2) is 24.3 Å². The standard InChI is InChI=1S/C19H29FN2O/c1-19(2,3)11-4-6-18(23)22-13-5-12-21(14-15-22)17-9-7-16(20)8-10-17/h7-10H,4-6,11-15H2,1-3H3. The quantitative estimate of drug-likeness (QED) is 0.834. The maximum absolute atomic E-state index is 13.0. The van der Waals surface area contributed by atoms with Crippen LogP contribution in [0.1, 0.15) is 46.5 Å². The molecule has 0 aliphatic carbocycles. The summed E-state index contributed by atoms with van der Waals surface area (Å²) in [6.45, 7) is 9.95. The second kappa shape index (κ2) is 7.80. The number of carbonyl (C=O) groups excluding carboxylic acids is 1. The predicted octanol–water partition coefficient (Wildman–Crippen LogP) is 4.08. The van der Waals surface area contributed by atoms with E-state index in [0.717, 1.165) is 51.1 Å². The zero-order chi connectivity index (χ0) is 16.9. The third kappa shape index (κ3) is 5.85. The van der Waals surface area contributed by atoms with E-state index in [1.54, 1.807) is 0 Å². The van der Waals surface area contributed by atoms with Crippen LogP contribution >= 0.6 is 0 Å². The molecule has 1 aromatic rings. The van der Waals surface area contributed by atoms with Crippen LogP contribution in [0.5, 0.6) is 0 Å². The van der Waals surface area contributed by atoms with Crippen molar-refractivity contribution in [3.63, 3.8) is 0 Å². The molecule has 0 atom stereocenters. The second-order valence-electron chi connectivity index (χ2n) is 7.61. The maximum atomic E-state index is 13.0. The van der Waals surface area contributed by atoms with Crippen molar-refractivity contribution in [3.05, 3.63) is 30.1 Å². The van der Waals surface area contributed by atoms with Gasteiger partial charge in [0.25, 0.3) is 0 Å².